The molecule has 5 heterocycles. The van der Waals surface area contributed by atoms with Gasteiger partial charge in [-0.05, 0) is 50.0 Å². The summed E-state index contributed by atoms with van der Waals surface area (Å²) in [5.41, 5.74) is 3.70. The van der Waals surface area contributed by atoms with Crippen LogP contribution in [-0.4, -0.2) is 45.9 Å². The van der Waals surface area contributed by atoms with E-state index in [9.17, 15) is 0 Å². The third-order valence-corrected chi connectivity index (χ3v) is 5.66. The van der Waals surface area contributed by atoms with E-state index in [-0.39, 0.29) is 5.60 Å². The Hall–Kier alpha value is -1.76. The van der Waals surface area contributed by atoms with Gasteiger partial charge in [-0.2, -0.15) is 4.99 Å². The van der Waals surface area contributed by atoms with Crippen molar-refractivity contribution in [2.75, 3.05) is 19.6 Å². The number of aliphatic imine (C=N–C) groups is 1. The zero-order valence-electron chi connectivity index (χ0n) is 13.2. The molecular weight excluding hydrogens is 326 g/mol. The summed E-state index contributed by atoms with van der Waals surface area (Å²) in [7, 11) is 0. The second-order valence-electron chi connectivity index (χ2n) is 6.93. The van der Waals surface area contributed by atoms with Crippen LogP contribution in [0.25, 0.3) is 10.9 Å². The molecule has 2 aromatic rings. The molecule has 4 saturated heterocycles. The summed E-state index contributed by atoms with van der Waals surface area (Å²) in [6, 6.07) is 5.58. The molecule has 1 aromatic heterocycles. The average molecular weight is 344 g/mol. The first kappa shape index (κ1) is 14.6. The van der Waals surface area contributed by atoms with Gasteiger partial charge in [-0.25, -0.2) is 9.97 Å². The Balaban J connectivity index is 1.43. The highest BCUT2D eigenvalue weighted by molar-refractivity contribution is 6.31. The van der Waals surface area contributed by atoms with Gasteiger partial charge in [0.05, 0.1) is 5.52 Å². The van der Waals surface area contributed by atoms with E-state index >= 15 is 0 Å². The van der Waals surface area contributed by atoms with Crippen molar-refractivity contribution in [2.24, 2.45) is 10.9 Å². The van der Waals surface area contributed by atoms with Crippen LogP contribution in [0.1, 0.15) is 19.3 Å². The van der Waals surface area contributed by atoms with Crippen LogP contribution in [0, 0.1) is 5.92 Å². The topological polar surface area (TPSA) is 62.6 Å². The lowest BCUT2D eigenvalue weighted by atomic mass is 9.74. The Bertz CT molecular complexity index is 833. The molecule has 0 saturated carbocycles. The van der Waals surface area contributed by atoms with Crippen molar-refractivity contribution in [3.63, 3.8) is 0 Å². The van der Waals surface area contributed by atoms with Crippen LogP contribution < -0.4 is 5.48 Å². The minimum atomic E-state index is -0.129. The first-order valence-corrected chi connectivity index (χ1v) is 8.74. The van der Waals surface area contributed by atoms with E-state index in [1.807, 2.05) is 18.2 Å². The third kappa shape index (κ3) is 2.37. The van der Waals surface area contributed by atoms with Gasteiger partial charge in [0.25, 0.3) is 5.95 Å². The molecule has 4 fully saturated rings. The van der Waals surface area contributed by atoms with Gasteiger partial charge in [-0.15, -0.1) is 0 Å². The maximum absolute atomic E-state index is 6.04. The van der Waals surface area contributed by atoms with Gasteiger partial charge in [-0.3, -0.25) is 10.3 Å². The second-order valence-corrected chi connectivity index (χ2v) is 7.36. The van der Waals surface area contributed by atoms with Gasteiger partial charge in [-0.1, -0.05) is 11.6 Å². The summed E-state index contributed by atoms with van der Waals surface area (Å²) in [4.78, 5) is 21.9. The van der Waals surface area contributed by atoms with Crippen LogP contribution in [0.5, 0.6) is 0 Å². The summed E-state index contributed by atoms with van der Waals surface area (Å²) in [5.74, 6) is 1.86. The standard InChI is InChI=1S/C17H18ClN5O/c18-13-2-1-11-9-19-16(20-14(11)7-13)21-15-8-17(24-22-15)10-23-5-3-12(17)4-6-23/h1-2,7,9,12H,3-6,8,10H2,(H,19,20,21,22). The summed E-state index contributed by atoms with van der Waals surface area (Å²) in [6.07, 6.45) is 4.99. The number of piperidine rings is 3. The quantitative estimate of drug-likeness (QED) is 0.862. The molecule has 0 aliphatic carbocycles. The highest BCUT2D eigenvalue weighted by Crippen LogP contribution is 2.42. The molecule has 1 atom stereocenters. The molecule has 124 valence electrons. The minimum Gasteiger partial charge on any atom is -0.300 e. The Morgan fingerprint density at radius 1 is 1.33 bits per heavy atom. The SMILES string of the molecule is Clc1ccc2cnc(/N=C3/CC4(CN5CCC4CC5)ON3)nc2c1. The fraction of sp³-hybridized carbons (Fsp3) is 0.471. The number of hydrogen-bond donors (Lipinski definition) is 1. The number of nitrogens with zero attached hydrogens (tertiary/aromatic N) is 4. The summed E-state index contributed by atoms with van der Waals surface area (Å²) in [6.45, 7) is 3.37. The van der Waals surface area contributed by atoms with E-state index in [1.54, 1.807) is 6.20 Å². The Morgan fingerprint density at radius 2 is 2.21 bits per heavy atom. The summed E-state index contributed by atoms with van der Waals surface area (Å²) < 4.78 is 0. The van der Waals surface area contributed by atoms with Crippen LogP contribution >= 0.6 is 11.6 Å². The molecule has 1 unspecified atom stereocenters. The lowest BCUT2D eigenvalue weighted by Crippen LogP contribution is -2.59. The maximum Gasteiger partial charge on any atom is 0.251 e. The van der Waals surface area contributed by atoms with E-state index in [1.165, 1.54) is 25.9 Å². The van der Waals surface area contributed by atoms with Crippen molar-refractivity contribution >= 4 is 34.3 Å². The number of hydrogen-bond acceptors (Lipinski definition) is 5. The Labute approximate surface area is 144 Å². The van der Waals surface area contributed by atoms with Gasteiger partial charge in [0.1, 0.15) is 11.4 Å². The normalized spacial score (nSPS) is 33.5. The smallest absolute Gasteiger partial charge is 0.251 e. The first-order chi connectivity index (χ1) is 11.7. The number of hydroxylamine groups is 1. The van der Waals surface area contributed by atoms with Gasteiger partial charge < -0.3 is 4.90 Å². The monoisotopic (exact) mass is 343 g/mol. The summed E-state index contributed by atoms with van der Waals surface area (Å²) >= 11 is 6.04. The van der Waals surface area contributed by atoms with Crippen molar-refractivity contribution in [1.82, 2.24) is 20.3 Å². The second kappa shape index (κ2) is 5.37. The predicted molar refractivity (Wildman–Crippen MR) is 92.4 cm³/mol. The van der Waals surface area contributed by atoms with E-state index in [0.29, 0.717) is 16.9 Å². The van der Waals surface area contributed by atoms with E-state index in [4.69, 9.17) is 16.4 Å². The minimum absolute atomic E-state index is 0.129. The molecule has 6 rings (SSSR count). The van der Waals surface area contributed by atoms with Crippen LogP contribution in [0.3, 0.4) is 0 Å². The average Bonchev–Trinajstić information content (AvgIpc) is 2.97. The highest BCUT2D eigenvalue weighted by atomic mass is 35.5. The van der Waals surface area contributed by atoms with E-state index in [0.717, 1.165) is 29.7 Å². The summed E-state index contributed by atoms with van der Waals surface area (Å²) in [5, 5.41) is 1.61. The molecule has 24 heavy (non-hydrogen) atoms. The maximum atomic E-state index is 6.04. The Morgan fingerprint density at radius 3 is 3.00 bits per heavy atom. The molecule has 1 N–H and O–H groups in total. The first-order valence-electron chi connectivity index (χ1n) is 8.36. The molecular formula is C17H18ClN5O. The third-order valence-electron chi connectivity index (χ3n) is 5.43. The molecule has 1 spiro atoms. The largest absolute Gasteiger partial charge is 0.300 e. The van der Waals surface area contributed by atoms with Crippen molar-refractivity contribution in [2.45, 2.75) is 24.9 Å². The fourth-order valence-electron chi connectivity index (χ4n) is 4.18. The molecule has 0 amide bonds. The van der Waals surface area contributed by atoms with Gasteiger partial charge in [0.15, 0.2) is 0 Å². The molecule has 2 bridgehead atoms. The van der Waals surface area contributed by atoms with Crippen molar-refractivity contribution in [3.05, 3.63) is 29.4 Å². The zero-order chi connectivity index (χ0) is 16.1. The van der Waals surface area contributed by atoms with Gasteiger partial charge in [0.2, 0.25) is 0 Å². The molecule has 4 aliphatic rings. The zero-order valence-corrected chi connectivity index (χ0v) is 14.0. The van der Waals surface area contributed by atoms with Crippen molar-refractivity contribution in [3.8, 4) is 0 Å². The van der Waals surface area contributed by atoms with Crippen LogP contribution in [0.2, 0.25) is 5.02 Å². The van der Waals surface area contributed by atoms with Gasteiger partial charge >= 0.3 is 0 Å². The van der Waals surface area contributed by atoms with E-state index < -0.39 is 0 Å². The number of nitrogens with one attached hydrogen (secondary N) is 1. The van der Waals surface area contributed by atoms with Crippen molar-refractivity contribution < 1.29 is 4.84 Å². The van der Waals surface area contributed by atoms with Crippen LogP contribution in [0.4, 0.5) is 5.95 Å². The molecule has 0 radical (unpaired) electrons. The highest BCUT2D eigenvalue weighted by Gasteiger charge is 2.52. The number of halogens is 1. The number of amidine groups is 1. The number of fused-ring (bicyclic) bond motifs is 3. The van der Waals surface area contributed by atoms with Gasteiger partial charge in [0, 0.05) is 29.6 Å². The number of benzene rings is 1. The lowest BCUT2D eigenvalue weighted by molar-refractivity contribution is -0.150. The van der Waals surface area contributed by atoms with Crippen LogP contribution in [0.15, 0.2) is 29.4 Å². The lowest BCUT2D eigenvalue weighted by Gasteiger charge is -2.49. The van der Waals surface area contributed by atoms with Crippen LogP contribution in [-0.2, 0) is 4.84 Å². The molecule has 1 aromatic carbocycles. The molecule has 7 heteroatoms. The molecule has 6 nitrogen and oxygen atoms in total. The van der Waals surface area contributed by atoms with E-state index in [2.05, 4.69) is 25.3 Å². The number of aromatic nitrogens is 2. The Kier molecular flexibility index (Phi) is 3.26. The predicted octanol–water partition coefficient (Wildman–Crippen LogP) is 2.70. The fourth-order valence-corrected chi connectivity index (χ4v) is 4.35. The van der Waals surface area contributed by atoms with Crippen molar-refractivity contribution in [1.29, 1.82) is 0 Å². The number of rotatable bonds is 1. The molecule has 4 aliphatic heterocycles.